The maximum absolute atomic E-state index is 12.5. The third-order valence-electron chi connectivity index (χ3n) is 5.02. The van der Waals surface area contributed by atoms with Crippen molar-refractivity contribution in [3.05, 3.63) is 46.6 Å². The minimum Gasteiger partial charge on any atom is -0.354 e. The zero-order chi connectivity index (χ0) is 21.2. The molecular formula is C19H24ClN5O3S. The number of nitrogens with zero attached hydrogens (tertiary/aromatic N) is 3. The predicted molar refractivity (Wildman–Crippen MR) is 114 cm³/mol. The highest BCUT2D eigenvalue weighted by molar-refractivity contribution is 7.89. The van der Waals surface area contributed by atoms with Crippen molar-refractivity contribution in [1.29, 1.82) is 0 Å². The Morgan fingerprint density at radius 2 is 1.90 bits per heavy atom. The Kier molecular flexibility index (Phi) is 6.42. The van der Waals surface area contributed by atoms with Gasteiger partial charge < -0.3 is 10.2 Å². The van der Waals surface area contributed by atoms with Crippen LogP contribution >= 0.6 is 11.6 Å². The van der Waals surface area contributed by atoms with E-state index in [1.165, 1.54) is 12.1 Å². The van der Waals surface area contributed by atoms with Crippen molar-refractivity contribution in [2.24, 2.45) is 5.14 Å². The molecule has 0 bridgehead atoms. The fourth-order valence-corrected chi connectivity index (χ4v) is 3.94. The molecule has 1 aliphatic rings. The summed E-state index contributed by atoms with van der Waals surface area (Å²) in [5.74, 6) is 0.668. The molecule has 0 unspecified atom stereocenters. The number of carbonyl (C=O) groups excluding carboxylic acids is 1. The number of nitrogens with two attached hydrogens (primary N) is 1. The second-order valence-corrected chi connectivity index (χ2v) is 9.10. The van der Waals surface area contributed by atoms with Gasteiger partial charge in [-0.15, -0.1) is 0 Å². The molecule has 0 saturated carbocycles. The number of pyridine rings is 1. The van der Waals surface area contributed by atoms with Gasteiger partial charge in [-0.3, -0.25) is 9.69 Å². The third-order valence-corrected chi connectivity index (χ3v) is 6.14. The van der Waals surface area contributed by atoms with Gasteiger partial charge in [0, 0.05) is 38.1 Å². The van der Waals surface area contributed by atoms with Crippen molar-refractivity contribution in [2.45, 2.75) is 18.7 Å². The van der Waals surface area contributed by atoms with Crippen LogP contribution in [0.5, 0.6) is 0 Å². The zero-order valence-corrected chi connectivity index (χ0v) is 17.9. The van der Waals surface area contributed by atoms with E-state index in [2.05, 4.69) is 15.2 Å². The fourth-order valence-electron chi connectivity index (χ4n) is 3.20. The molecule has 0 radical (unpaired) electrons. The minimum absolute atomic E-state index is 0.0139. The summed E-state index contributed by atoms with van der Waals surface area (Å²) in [6.07, 6.45) is 1.62. The van der Waals surface area contributed by atoms with E-state index in [1.807, 2.05) is 24.0 Å². The van der Waals surface area contributed by atoms with Crippen LogP contribution in [0.4, 0.5) is 11.5 Å². The molecule has 0 aliphatic carbocycles. The molecule has 0 spiro atoms. The summed E-state index contributed by atoms with van der Waals surface area (Å²) >= 11 is 5.88. The fraction of sp³-hybridized carbons (Fsp3) is 0.368. The van der Waals surface area contributed by atoms with Crippen LogP contribution < -0.4 is 15.4 Å². The van der Waals surface area contributed by atoms with Gasteiger partial charge in [-0.05, 0) is 49.2 Å². The summed E-state index contributed by atoms with van der Waals surface area (Å²) < 4.78 is 23.3. The molecule has 3 N–H and O–H groups in total. The molecule has 1 amide bonds. The van der Waals surface area contributed by atoms with Gasteiger partial charge >= 0.3 is 0 Å². The first-order valence-electron chi connectivity index (χ1n) is 9.16. The summed E-state index contributed by atoms with van der Waals surface area (Å²) in [7, 11) is -3.84. The Bertz CT molecular complexity index is 1000. The molecule has 29 heavy (non-hydrogen) atoms. The number of primary sulfonamides is 1. The van der Waals surface area contributed by atoms with E-state index >= 15 is 0 Å². The van der Waals surface area contributed by atoms with Gasteiger partial charge in [0.2, 0.25) is 15.9 Å². The van der Waals surface area contributed by atoms with Gasteiger partial charge in [0.15, 0.2) is 0 Å². The molecule has 3 rings (SSSR count). The zero-order valence-electron chi connectivity index (χ0n) is 16.4. The number of anilines is 2. The van der Waals surface area contributed by atoms with E-state index in [0.29, 0.717) is 23.8 Å². The van der Waals surface area contributed by atoms with E-state index in [-0.39, 0.29) is 17.3 Å². The lowest BCUT2D eigenvalue weighted by Crippen LogP contribution is -2.48. The van der Waals surface area contributed by atoms with Crippen molar-refractivity contribution in [3.8, 4) is 0 Å². The van der Waals surface area contributed by atoms with Crippen LogP contribution in [0.2, 0.25) is 5.02 Å². The van der Waals surface area contributed by atoms with Gasteiger partial charge in [-0.25, -0.2) is 18.5 Å². The molecule has 1 aromatic heterocycles. The molecule has 1 aliphatic heterocycles. The van der Waals surface area contributed by atoms with E-state index in [9.17, 15) is 13.2 Å². The van der Waals surface area contributed by atoms with Gasteiger partial charge in [-0.1, -0.05) is 11.6 Å². The molecule has 1 fully saturated rings. The van der Waals surface area contributed by atoms with Crippen molar-refractivity contribution in [2.75, 3.05) is 42.9 Å². The summed E-state index contributed by atoms with van der Waals surface area (Å²) in [5.41, 5.74) is 2.02. The Hall–Kier alpha value is -2.20. The Morgan fingerprint density at radius 1 is 1.21 bits per heavy atom. The number of nitrogens with one attached hydrogen (secondary N) is 1. The summed E-state index contributed by atoms with van der Waals surface area (Å²) in [5, 5.41) is 8.65. The molecule has 2 heterocycles. The summed E-state index contributed by atoms with van der Waals surface area (Å²) in [4.78, 5) is 21.0. The van der Waals surface area contributed by atoms with E-state index in [4.69, 9.17) is 16.7 Å². The number of sulfonamides is 1. The van der Waals surface area contributed by atoms with Gasteiger partial charge in [0.25, 0.3) is 0 Å². The number of aryl methyl sites for hydroxylation is 1. The molecule has 10 heteroatoms. The van der Waals surface area contributed by atoms with Crippen LogP contribution in [0.3, 0.4) is 0 Å². The molecule has 1 aromatic carbocycles. The van der Waals surface area contributed by atoms with Crippen molar-refractivity contribution in [3.63, 3.8) is 0 Å². The van der Waals surface area contributed by atoms with Crippen LogP contribution in [0, 0.1) is 13.8 Å². The Morgan fingerprint density at radius 3 is 2.48 bits per heavy atom. The molecule has 2 aromatic rings. The number of benzene rings is 1. The minimum atomic E-state index is -3.84. The van der Waals surface area contributed by atoms with E-state index < -0.39 is 10.0 Å². The average molecular weight is 438 g/mol. The number of hydrogen-bond acceptors (Lipinski definition) is 6. The maximum atomic E-state index is 12.5. The molecule has 8 nitrogen and oxygen atoms in total. The number of piperazine rings is 1. The lowest BCUT2D eigenvalue weighted by atomic mass is 10.1. The lowest BCUT2D eigenvalue weighted by molar-refractivity contribution is -0.117. The smallest absolute Gasteiger partial charge is 0.238 e. The first-order chi connectivity index (χ1) is 13.6. The topological polar surface area (TPSA) is 109 Å². The normalized spacial score (nSPS) is 15.4. The number of rotatable bonds is 5. The quantitative estimate of drug-likeness (QED) is 0.737. The molecular weight excluding hydrogens is 414 g/mol. The largest absolute Gasteiger partial charge is 0.354 e. The summed E-state index contributed by atoms with van der Waals surface area (Å²) in [6.45, 7) is 6.77. The Balaban J connectivity index is 1.59. The van der Waals surface area contributed by atoms with Crippen LogP contribution in [0.1, 0.15) is 11.1 Å². The van der Waals surface area contributed by atoms with E-state index in [1.54, 1.807) is 13.1 Å². The van der Waals surface area contributed by atoms with Crippen LogP contribution in [-0.4, -0.2) is 56.9 Å². The van der Waals surface area contributed by atoms with Gasteiger partial charge in [-0.2, -0.15) is 0 Å². The van der Waals surface area contributed by atoms with Crippen molar-refractivity contribution >= 4 is 39.0 Å². The number of carbonyl (C=O) groups is 1. The monoisotopic (exact) mass is 437 g/mol. The highest BCUT2D eigenvalue weighted by Crippen LogP contribution is 2.23. The van der Waals surface area contributed by atoms with Crippen LogP contribution in [0.15, 0.2) is 35.4 Å². The van der Waals surface area contributed by atoms with Crippen molar-refractivity contribution < 1.29 is 13.2 Å². The SMILES string of the molecule is Cc1cc(S(N)(=O)=O)cc(NC(=O)CN2CCN(c3ccc(Cl)cn3)CC2)c1C. The first kappa shape index (κ1) is 21.5. The molecule has 1 saturated heterocycles. The van der Waals surface area contributed by atoms with Crippen LogP contribution in [0.25, 0.3) is 0 Å². The number of aromatic nitrogens is 1. The molecule has 156 valence electrons. The third kappa shape index (κ3) is 5.45. The van der Waals surface area contributed by atoms with Crippen molar-refractivity contribution in [1.82, 2.24) is 9.88 Å². The Labute approximate surface area is 175 Å². The second kappa shape index (κ2) is 8.66. The highest BCUT2D eigenvalue weighted by atomic mass is 35.5. The van der Waals surface area contributed by atoms with Crippen LogP contribution in [-0.2, 0) is 14.8 Å². The number of halogens is 1. The van der Waals surface area contributed by atoms with Gasteiger partial charge in [0.05, 0.1) is 16.5 Å². The lowest BCUT2D eigenvalue weighted by Gasteiger charge is -2.35. The first-order valence-corrected chi connectivity index (χ1v) is 11.1. The predicted octanol–water partition coefficient (Wildman–Crippen LogP) is 1.76. The molecule has 0 atom stereocenters. The number of amides is 1. The highest BCUT2D eigenvalue weighted by Gasteiger charge is 2.21. The standard InChI is InChI=1S/C19H24ClN5O3S/c1-13-9-16(29(21,27)28)10-17(14(13)2)23-19(26)12-24-5-7-25(8-6-24)18-4-3-15(20)11-22-18/h3-4,9-11H,5-8,12H2,1-2H3,(H,23,26)(H2,21,27,28). The summed E-state index contributed by atoms with van der Waals surface area (Å²) in [6, 6.07) is 6.60. The second-order valence-electron chi connectivity index (χ2n) is 7.10. The van der Waals surface area contributed by atoms with E-state index in [0.717, 1.165) is 30.0 Å². The maximum Gasteiger partial charge on any atom is 0.238 e. The van der Waals surface area contributed by atoms with Gasteiger partial charge in [0.1, 0.15) is 5.82 Å². The number of hydrogen-bond donors (Lipinski definition) is 2. The average Bonchev–Trinajstić information content (AvgIpc) is 2.66.